The van der Waals surface area contributed by atoms with E-state index in [1.54, 1.807) is 49.4 Å². The van der Waals surface area contributed by atoms with E-state index in [9.17, 15) is 9.59 Å². The molecule has 1 aliphatic rings. The van der Waals surface area contributed by atoms with E-state index in [0.717, 1.165) is 11.8 Å². The first kappa shape index (κ1) is 19.0. The average Bonchev–Trinajstić information content (AvgIpc) is 3.37. The van der Waals surface area contributed by atoms with Crippen LogP contribution in [0.5, 0.6) is 11.5 Å². The Bertz CT molecular complexity index is 1060. The molecule has 0 saturated carbocycles. The van der Waals surface area contributed by atoms with Gasteiger partial charge in [-0.05, 0) is 56.3 Å². The minimum Gasteiger partial charge on any atom is -0.454 e. The molecule has 29 heavy (non-hydrogen) atoms. The Kier molecular flexibility index (Phi) is 5.22. The van der Waals surface area contributed by atoms with E-state index in [2.05, 4.69) is 15.5 Å². The summed E-state index contributed by atoms with van der Waals surface area (Å²) in [5, 5.41) is 10.7. The number of hydrogen-bond acceptors (Lipinski definition) is 8. The molecule has 9 heteroatoms. The fourth-order valence-corrected chi connectivity index (χ4v) is 3.32. The molecule has 0 aliphatic carbocycles. The number of rotatable bonds is 6. The van der Waals surface area contributed by atoms with E-state index in [-0.39, 0.29) is 23.7 Å². The van der Waals surface area contributed by atoms with Gasteiger partial charge < -0.3 is 19.2 Å². The first-order chi connectivity index (χ1) is 14.0. The number of benzene rings is 2. The van der Waals surface area contributed by atoms with Crippen molar-refractivity contribution in [3.05, 3.63) is 48.0 Å². The molecular weight excluding hydrogens is 394 g/mol. The Morgan fingerprint density at radius 2 is 1.83 bits per heavy atom. The SMILES string of the molecule is CC(=O)c1ccc(NC(=O)[C@@H](C)Sc2nnc(-c3ccc4c(c3)OCO4)o2)cc1. The summed E-state index contributed by atoms with van der Waals surface area (Å²) in [6.45, 7) is 3.43. The quantitative estimate of drug-likeness (QED) is 0.483. The number of carbonyl (C=O) groups is 2. The third-order valence-corrected chi connectivity index (χ3v) is 5.17. The predicted molar refractivity (Wildman–Crippen MR) is 106 cm³/mol. The number of thioether (sulfide) groups is 1. The number of nitrogens with zero attached hydrogens (tertiary/aromatic N) is 2. The molecule has 1 atom stereocenters. The van der Waals surface area contributed by atoms with E-state index in [4.69, 9.17) is 13.9 Å². The Balaban J connectivity index is 1.39. The predicted octanol–water partition coefficient (Wildman–Crippen LogP) is 3.79. The van der Waals surface area contributed by atoms with Gasteiger partial charge in [0.1, 0.15) is 0 Å². The molecule has 1 aromatic heterocycles. The van der Waals surface area contributed by atoms with Gasteiger partial charge in [-0.25, -0.2) is 0 Å². The van der Waals surface area contributed by atoms with Crippen molar-refractivity contribution in [2.24, 2.45) is 0 Å². The molecule has 2 aromatic carbocycles. The van der Waals surface area contributed by atoms with Crippen molar-refractivity contribution in [1.82, 2.24) is 10.2 Å². The van der Waals surface area contributed by atoms with Gasteiger partial charge in [-0.1, -0.05) is 11.8 Å². The maximum Gasteiger partial charge on any atom is 0.277 e. The first-order valence-electron chi connectivity index (χ1n) is 8.81. The molecular formula is C20H17N3O5S. The Labute approximate surface area is 170 Å². The summed E-state index contributed by atoms with van der Waals surface area (Å²) in [5.41, 5.74) is 1.91. The molecule has 4 rings (SSSR count). The molecule has 0 bridgehead atoms. The standard InChI is InChI=1S/C20H17N3O5S/c1-11(24)13-3-6-15(7-4-13)21-18(25)12(2)29-20-23-22-19(28-20)14-5-8-16-17(9-14)27-10-26-16/h3-9,12H,10H2,1-2H3,(H,21,25)/t12-/m1/s1. The number of carbonyl (C=O) groups excluding carboxylic acids is 2. The highest BCUT2D eigenvalue weighted by Crippen LogP contribution is 2.36. The van der Waals surface area contributed by atoms with Gasteiger partial charge in [0, 0.05) is 16.8 Å². The van der Waals surface area contributed by atoms with Crippen molar-refractivity contribution >= 4 is 29.1 Å². The molecule has 0 radical (unpaired) electrons. The molecule has 0 fully saturated rings. The maximum absolute atomic E-state index is 12.4. The molecule has 148 valence electrons. The maximum atomic E-state index is 12.4. The van der Waals surface area contributed by atoms with Gasteiger partial charge in [0.15, 0.2) is 17.3 Å². The van der Waals surface area contributed by atoms with Crippen LogP contribution in [-0.4, -0.2) is 33.9 Å². The van der Waals surface area contributed by atoms with E-state index in [1.807, 2.05) is 0 Å². The molecule has 0 unspecified atom stereocenters. The molecule has 2 heterocycles. The monoisotopic (exact) mass is 411 g/mol. The molecule has 8 nitrogen and oxygen atoms in total. The van der Waals surface area contributed by atoms with E-state index in [0.29, 0.717) is 34.2 Å². The molecule has 3 aromatic rings. The number of anilines is 1. The van der Waals surface area contributed by atoms with Crippen LogP contribution in [0.2, 0.25) is 0 Å². The summed E-state index contributed by atoms with van der Waals surface area (Å²) in [6, 6.07) is 12.1. The van der Waals surface area contributed by atoms with Crippen LogP contribution in [0.3, 0.4) is 0 Å². The van der Waals surface area contributed by atoms with Gasteiger partial charge >= 0.3 is 0 Å². The largest absolute Gasteiger partial charge is 0.454 e. The lowest BCUT2D eigenvalue weighted by Gasteiger charge is -2.10. The number of ether oxygens (including phenoxy) is 2. The fraction of sp³-hybridized carbons (Fsp3) is 0.200. The van der Waals surface area contributed by atoms with Crippen molar-refractivity contribution < 1.29 is 23.5 Å². The lowest BCUT2D eigenvalue weighted by molar-refractivity contribution is -0.115. The van der Waals surface area contributed by atoms with E-state index in [1.165, 1.54) is 6.92 Å². The van der Waals surface area contributed by atoms with Crippen LogP contribution in [0.15, 0.2) is 52.1 Å². The Hall–Kier alpha value is -3.33. The van der Waals surface area contributed by atoms with Gasteiger partial charge in [-0.3, -0.25) is 9.59 Å². The number of fused-ring (bicyclic) bond motifs is 1. The van der Waals surface area contributed by atoms with Crippen molar-refractivity contribution in [3.8, 4) is 23.0 Å². The van der Waals surface area contributed by atoms with Crippen LogP contribution in [0.25, 0.3) is 11.5 Å². The number of amides is 1. The number of ketones is 1. The number of nitrogens with one attached hydrogen (secondary N) is 1. The van der Waals surface area contributed by atoms with Crippen LogP contribution in [0.4, 0.5) is 5.69 Å². The third kappa shape index (κ3) is 4.24. The smallest absolute Gasteiger partial charge is 0.277 e. The molecule has 1 amide bonds. The summed E-state index contributed by atoms with van der Waals surface area (Å²) in [7, 11) is 0. The third-order valence-electron chi connectivity index (χ3n) is 4.23. The summed E-state index contributed by atoms with van der Waals surface area (Å²) in [4.78, 5) is 23.7. The van der Waals surface area contributed by atoms with Crippen molar-refractivity contribution in [2.75, 3.05) is 12.1 Å². The summed E-state index contributed by atoms with van der Waals surface area (Å²) in [6.07, 6.45) is 0. The second-order valence-electron chi connectivity index (χ2n) is 6.32. The highest BCUT2D eigenvalue weighted by atomic mass is 32.2. The zero-order valence-corrected chi connectivity index (χ0v) is 16.5. The Morgan fingerprint density at radius 3 is 2.59 bits per heavy atom. The molecule has 0 saturated heterocycles. The zero-order valence-electron chi connectivity index (χ0n) is 15.7. The summed E-state index contributed by atoms with van der Waals surface area (Å²) in [5.74, 6) is 1.39. The van der Waals surface area contributed by atoms with Crippen LogP contribution < -0.4 is 14.8 Å². The minimum absolute atomic E-state index is 0.0264. The highest BCUT2D eigenvalue weighted by molar-refractivity contribution is 8.00. The Morgan fingerprint density at radius 1 is 1.07 bits per heavy atom. The first-order valence-corrected chi connectivity index (χ1v) is 9.69. The number of hydrogen-bond donors (Lipinski definition) is 1. The van der Waals surface area contributed by atoms with Gasteiger partial charge in [0.2, 0.25) is 18.6 Å². The number of Topliss-reactive ketones (excluding diaryl/α,β-unsaturated/α-hetero) is 1. The molecule has 1 N–H and O–H groups in total. The van der Waals surface area contributed by atoms with Gasteiger partial charge in [-0.2, -0.15) is 0 Å². The van der Waals surface area contributed by atoms with Crippen molar-refractivity contribution in [2.45, 2.75) is 24.3 Å². The van der Waals surface area contributed by atoms with Crippen LogP contribution in [0.1, 0.15) is 24.2 Å². The normalized spacial score (nSPS) is 13.2. The average molecular weight is 411 g/mol. The van der Waals surface area contributed by atoms with Crippen LogP contribution in [0, 0.1) is 0 Å². The minimum atomic E-state index is -0.465. The van der Waals surface area contributed by atoms with E-state index >= 15 is 0 Å². The number of aromatic nitrogens is 2. The second-order valence-corrected chi connectivity index (χ2v) is 7.62. The molecule has 0 spiro atoms. The van der Waals surface area contributed by atoms with Crippen molar-refractivity contribution in [1.29, 1.82) is 0 Å². The topological polar surface area (TPSA) is 104 Å². The highest BCUT2D eigenvalue weighted by Gasteiger charge is 2.20. The lowest BCUT2D eigenvalue weighted by Crippen LogP contribution is -2.22. The van der Waals surface area contributed by atoms with E-state index < -0.39 is 5.25 Å². The van der Waals surface area contributed by atoms with Gasteiger partial charge in [-0.15, -0.1) is 10.2 Å². The zero-order chi connectivity index (χ0) is 20.4. The fourth-order valence-electron chi connectivity index (χ4n) is 2.64. The van der Waals surface area contributed by atoms with Crippen LogP contribution in [-0.2, 0) is 4.79 Å². The summed E-state index contributed by atoms with van der Waals surface area (Å²) >= 11 is 1.16. The summed E-state index contributed by atoms with van der Waals surface area (Å²) < 4.78 is 16.3. The lowest BCUT2D eigenvalue weighted by atomic mass is 10.1. The second kappa shape index (κ2) is 7.96. The van der Waals surface area contributed by atoms with Crippen molar-refractivity contribution in [3.63, 3.8) is 0 Å². The van der Waals surface area contributed by atoms with Gasteiger partial charge in [0.25, 0.3) is 5.22 Å². The van der Waals surface area contributed by atoms with Crippen LogP contribution >= 0.6 is 11.8 Å². The van der Waals surface area contributed by atoms with Gasteiger partial charge in [0.05, 0.1) is 5.25 Å². The molecule has 1 aliphatic heterocycles.